The zero-order chi connectivity index (χ0) is 15.3. The average Bonchev–Trinajstić information content (AvgIpc) is 2.45. The van der Waals surface area contributed by atoms with Crippen LogP contribution in [0.2, 0.25) is 0 Å². The third kappa shape index (κ3) is 5.06. The summed E-state index contributed by atoms with van der Waals surface area (Å²) in [5.41, 5.74) is 3.53. The van der Waals surface area contributed by atoms with Crippen LogP contribution in [-0.2, 0) is 4.74 Å². The fraction of sp³-hybridized carbons (Fsp3) is 0.533. The van der Waals surface area contributed by atoms with E-state index in [1.165, 1.54) is 0 Å². The molecule has 2 rings (SSSR count). The van der Waals surface area contributed by atoms with E-state index in [1.54, 1.807) is 11.1 Å². The minimum absolute atomic E-state index is 0.251. The highest BCUT2D eigenvalue weighted by Crippen LogP contribution is 2.14. The highest BCUT2D eigenvalue weighted by molar-refractivity contribution is 5.87. The minimum atomic E-state index is -0.452. The Morgan fingerprint density at radius 2 is 2.05 bits per heavy atom. The summed E-state index contributed by atoms with van der Waals surface area (Å²) in [6.07, 6.45) is 2.96. The number of piperidine rings is 1. The van der Waals surface area contributed by atoms with E-state index in [9.17, 15) is 4.79 Å². The van der Waals surface area contributed by atoms with Gasteiger partial charge in [-0.2, -0.15) is 5.10 Å². The van der Waals surface area contributed by atoms with Gasteiger partial charge in [0.15, 0.2) is 0 Å². The van der Waals surface area contributed by atoms with E-state index in [0.717, 1.165) is 24.4 Å². The van der Waals surface area contributed by atoms with Crippen molar-refractivity contribution in [1.82, 2.24) is 9.88 Å². The van der Waals surface area contributed by atoms with Gasteiger partial charge < -0.3 is 9.64 Å². The number of aromatic nitrogens is 1. The maximum atomic E-state index is 11.9. The number of nitrogens with zero attached hydrogens (tertiary/aromatic N) is 3. The normalized spacial score (nSPS) is 15.6. The number of pyridine rings is 1. The molecule has 1 aliphatic rings. The Morgan fingerprint density at radius 3 is 2.62 bits per heavy atom. The van der Waals surface area contributed by atoms with Gasteiger partial charge in [0.25, 0.3) is 0 Å². The first kappa shape index (κ1) is 15.3. The number of hydrazone groups is 1. The van der Waals surface area contributed by atoms with Crippen molar-refractivity contribution in [3.8, 4) is 0 Å². The molecule has 0 atom stereocenters. The molecule has 6 nitrogen and oxygen atoms in total. The number of amides is 1. The third-order valence-electron chi connectivity index (χ3n) is 2.99. The molecule has 2 heterocycles. The summed E-state index contributed by atoms with van der Waals surface area (Å²) >= 11 is 0. The Balaban J connectivity index is 1.81. The number of nitrogens with one attached hydrogen (secondary N) is 1. The number of hydrogen-bond acceptors (Lipinski definition) is 5. The quantitative estimate of drug-likeness (QED) is 0.850. The van der Waals surface area contributed by atoms with E-state index >= 15 is 0 Å². The lowest BCUT2D eigenvalue weighted by atomic mass is 10.1. The van der Waals surface area contributed by atoms with E-state index in [4.69, 9.17) is 4.74 Å². The Bertz CT molecular complexity index is 498. The second-order valence-electron chi connectivity index (χ2n) is 5.97. The minimum Gasteiger partial charge on any atom is -0.444 e. The van der Waals surface area contributed by atoms with Crippen molar-refractivity contribution >= 4 is 17.6 Å². The zero-order valence-electron chi connectivity index (χ0n) is 12.8. The summed E-state index contributed by atoms with van der Waals surface area (Å²) in [5, 5.41) is 4.35. The smallest absolute Gasteiger partial charge is 0.410 e. The van der Waals surface area contributed by atoms with Crippen LogP contribution in [0.4, 0.5) is 10.6 Å². The summed E-state index contributed by atoms with van der Waals surface area (Å²) in [4.78, 5) is 17.8. The van der Waals surface area contributed by atoms with Crippen molar-refractivity contribution in [3.63, 3.8) is 0 Å². The SMILES string of the molecule is CC(C)(C)OC(=O)N1CCC(=NNc2ccccn2)CC1. The lowest BCUT2D eigenvalue weighted by Crippen LogP contribution is -2.42. The molecule has 1 aromatic rings. The number of carbonyl (C=O) groups is 1. The van der Waals surface area contributed by atoms with Gasteiger partial charge in [0.1, 0.15) is 11.4 Å². The van der Waals surface area contributed by atoms with Gasteiger partial charge in [0.05, 0.1) is 0 Å². The molecule has 1 fully saturated rings. The van der Waals surface area contributed by atoms with Crippen molar-refractivity contribution in [2.75, 3.05) is 18.5 Å². The summed E-state index contributed by atoms with van der Waals surface area (Å²) in [7, 11) is 0. The number of hydrogen-bond donors (Lipinski definition) is 1. The van der Waals surface area contributed by atoms with Gasteiger partial charge in [0.2, 0.25) is 0 Å². The van der Waals surface area contributed by atoms with Crippen molar-refractivity contribution in [2.45, 2.75) is 39.2 Å². The lowest BCUT2D eigenvalue weighted by Gasteiger charge is -2.30. The first-order valence-electron chi connectivity index (χ1n) is 7.14. The van der Waals surface area contributed by atoms with Gasteiger partial charge >= 0.3 is 6.09 Å². The van der Waals surface area contributed by atoms with Gasteiger partial charge in [-0.1, -0.05) is 6.07 Å². The molecule has 0 spiro atoms. The van der Waals surface area contributed by atoms with Crippen LogP contribution < -0.4 is 5.43 Å². The van der Waals surface area contributed by atoms with E-state index in [0.29, 0.717) is 13.1 Å². The Hall–Kier alpha value is -2.11. The van der Waals surface area contributed by atoms with Crippen molar-refractivity contribution in [1.29, 1.82) is 0 Å². The molecule has 6 heteroatoms. The standard InChI is InChI=1S/C15H22N4O2/c1-15(2,3)21-14(20)19-10-7-12(8-11-19)17-18-13-6-4-5-9-16-13/h4-6,9H,7-8,10-11H2,1-3H3,(H,16,18). The predicted octanol–water partition coefficient (Wildman–Crippen LogP) is 2.88. The number of ether oxygens (including phenoxy) is 1. The summed E-state index contributed by atoms with van der Waals surface area (Å²) in [6.45, 7) is 6.89. The van der Waals surface area contributed by atoms with Crippen LogP contribution in [0.3, 0.4) is 0 Å². The van der Waals surface area contributed by atoms with Gasteiger partial charge in [-0.05, 0) is 32.9 Å². The molecule has 0 bridgehead atoms. The molecule has 0 radical (unpaired) electrons. The van der Waals surface area contributed by atoms with Crippen molar-refractivity contribution in [3.05, 3.63) is 24.4 Å². The molecule has 0 unspecified atom stereocenters. The molecular formula is C15H22N4O2. The molecule has 1 amide bonds. The monoisotopic (exact) mass is 290 g/mol. The number of likely N-dealkylation sites (tertiary alicyclic amines) is 1. The van der Waals surface area contributed by atoms with Crippen LogP contribution >= 0.6 is 0 Å². The summed E-state index contributed by atoms with van der Waals surface area (Å²) in [5.74, 6) is 0.722. The van der Waals surface area contributed by atoms with Crippen molar-refractivity contribution in [2.24, 2.45) is 5.10 Å². The highest BCUT2D eigenvalue weighted by Gasteiger charge is 2.25. The molecule has 1 aromatic heterocycles. The second-order valence-corrected chi connectivity index (χ2v) is 5.97. The van der Waals surface area contributed by atoms with Gasteiger partial charge in [-0.15, -0.1) is 0 Å². The molecule has 1 saturated heterocycles. The fourth-order valence-electron chi connectivity index (χ4n) is 1.95. The number of carbonyl (C=O) groups excluding carboxylic acids is 1. The number of rotatable bonds is 2. The molecule has 0 aromatic carbocycles. The van der Waals surface area contributed by atoms with E-state index in [1.807, 2.05) is 39.0 Å². The van der Waals surface area contributed by atoms with Crippen LogP contribution in [-0.4, -0.2) is 40.4 Å². The Labute approximate surface area is 125 Å². The average molecular weight is 290 g/mol. The van der Waals surface area contributed by atoms with Gasteiger partial charge in [0, 0.05) is 37.8 Å². The molecule has 0 aliphatic carbocycles. The lowest BCUT2D eigenvalue weighted by molar-refractivity contribution is 0.0249. The second kappa shape index (κ2) is 6.56. The first-order valence-corrected chi connectivity index (χ1v) is 7.14. The first-order chi connectivity index (χ1) is 9.94. The van der Waals surface area contributed by atoms with Crippen LogP contribution in [0.15, 0.2) is 29.5 Å². The molecule has 0 saturated carbocycles. The molecule has 1 N–H and O–H groups in total. The Morgan fingerprint density at radius 1 is 1.33 bits per heavy atom. The highest BCUT2D eigenvalue weighted by atomic mass is 16.6. The van der Waals surface area contributed by atoms with Gasteiger partial charge in [-0.3, -0.25) is 5.43 Å². The molecular weight excluding hydrogens is 268 g/mol. The topological polar surface area (TPSA) is 66.8 Å². The molecule has 21 heavy (non-hydrogen) atoms. The van der Waals surface area contributed by atoms with Crippen LogP contribution in [0.1, 0.15) is 33.6 Å². The summed E-state index contributed by atoms with van der Waals surface area (Å²) < 4.78 is 5.36. The van der Waals surface area contributed by atoms with Gasteiger partial charge in [-0.25, -0.2) is 9.78 Å². The van der Waals surface area contributed by atoms with E-state index in [2.05, 4.69) is 15.5 Å². The third-order valence-corrected chi connectivity index (χ3v) is 2.99. The predicted molar refractivity (Wildman–Crippen MR) is 82.3 cm³/mol. The fourth-order valence-corrected chi connectivity index (χ4v) is 1.95. The Kier molecular flexibility index (Phi) is 4.77. The van der Waals surface area contributed by atoms with E-state index < -0.39 is 5.60 Å². The van der Waals surface area contributed by atoms with Crippen LogP contribution in [0, 0.1) is 0 Å². The van der Waals surface area contributed by atoms with E-state index in [-0.39, 0.29) is 6.09 Å². The van der Waals surface area contributed by atoms with Crippen molar-refractivity contribution < 1.29 is 9.53 Å². The number of anilines is 1. The maximum absolute atomic E-state index is 11.9. The molecule has 114 valence electrons. The summed E-state index contributed by atoms with van der Waals surface area (Å²) in [6, 6.07) is 5.62. The largest absolute Gasteiger partial charge is 0.444 e. The van der Waals surface area contributed by atoms with Crippen LogP contribution in [0.25, 0.3) is 0 Å². The maximum Gasteiger partial charge on any atom is 0.410 e. The molecule has 1 aliphatic heterocycles. The van der Waals surface area contributed by atoms with Crippen LogP contribution in [0.5, 0.6) is 0 Å². The zero-order valence-corrected chi connectivity index (χ0v) is 12.8.